The smallest absolute Gasteiger partial charge is 0.186 e. The molecule has 1 aromatic heterocycles. The molecule has 4 heteroatoms. The molecule has 3 nitrogen and oxygen atoms in total. The van der Waals surface area contributed by atoms with Gasteiger partial charge in [0.25, 0.3) is 0 Å². The molecule has 0 radical (unpaired) electrons. The van der Waals surface area contributed by atoms with Gasteiger partial charge in [0, 0.05) is 17.5 Å². The lowest BCUT2D eigenvalue weighted by Crippen LogP contribution is -2.27. The molecule has 2 saturated carbocycles. The first-order chi connectivity index (χ1) is 8.81. The van der Waals surface area contributed by atoms with Crippen LogP contribution in [0.15, 0.2) is 0 Å². The normalized spacial score (nSPS) is 27.1. The molecule has 0 bridgehead atoms. The first kappa shape index (κ1) is 11.2. The number of aryl methyl sites for hydroxylation is 1. The Morgan fingerprint density at radius 3 is 2.72 bits per heavy atom. The third-order valence-electron chi connectivity index (χ3n) is 4.30. The molecule has 1 N–H and O–H groups in total. The van der Waals surface area contributed by atoms with Crippen LogP contribution in [0.5, 0.6) is 0 Å². The monoisotopic (exact) mass is 264 g/mol. The fraction of sp³-hybridized carbons (Fsp3) is 0.786. The highest BCUT2D eigenvalue weighted by Gasteiger charge is 2.36. The lowest BCUT2D eigenvalue weighted by Gasteiger charge is -2.21. The van der Waals surface area contributed by atoms with Crippen molar-refractivity contribution in [3.05, 3.63) is 10.6 Å². The summed E-state index contributed by atoms with van der Waals surface area (Å²) in [5.74, 6) is 0.913. The molecule has 1 atom stereocenters. The van der Waals surface area contributed by atoms with Crippen molar-refractivity contribution in [3.8, 4) is 0 Å². The van der Waals surface area contributed by atoms with E-state index < -0.39 is 0 Å². The van der Waals surface area contributed by atoms with E-state index in [0.717, 1.165) is 36.9 Å². The van der Waals surface area contributed by atoms with Crippen LogP contribution in [0.4, 0.5) is 5.13 Å². The second-order valence-electron chi connectivity index (χ2n) is 6.04. The van der Waals surface area contributed by atoms with Gasteiger partial charge in [0.1, 0.15) is 0 Å². The van der Waals surface area contributed by atoms with Gasteiger partial charge in [-0.05, 0) is 50.9 Å². The highest BCUT2D eigenvalue weighted by molar-refractivity contribution is 7.15. The first-order valence-corrected chi connectivity index (χ1v) is 8.07. The molecule has 0 aliphatic heterocycles. The minimum absolute atomic E-state index is 0.305. The molecule has 0 saturated heterocycles. The SMILES string of the molecule is OC1CCCc2sc(N(CC3CC3)C3CC3)nc21. The van der Waals surface area contributed by atoms with Crippen molar-refractivity contribution >= 4 is 16.5 Å². The van der Waals surface area contributed by atoms with E-state index in [1.807, 2.05) is 11.3 Å². The van der Waals surface area contributed by atoms with E-state index in [0.29, 0.717) is 0 Å². The Hall–Kier alpha value is -0.610. The molecule has 1 aromatic rings. The Balaban J connectivity index is 1.61. The lowest BCUT2D eigenvalue weighted by molar-refractivity contribution is 0.153. The summed E-state index contributed by atoms with van der Waals surface area (Å²) in [5, 5.41) is 11.2. The number of anilines is 1. The van der Waals surface area contributed by atoms with Crippen LogP contribution >= 0.6 is 11.3 Å². The van der Waals surface area contributed by atoms with E-state index in [1.165, 1.54) is 42.2 Å². The van der Waals surface area contributed by atoms with E-state index >= 15 is 0 Å². The predicted octanol–water partition coefficient (Wildman–Crippen LogP) is 2.89. The van der Waals surface area contributed by atoms with Crippen molar-refractivity contribution in [2.75, 3.05) is 11.4 Å². The number of rotatable bonds is 4. The zero-order chi connectivity index (χ0) is 12.1. The number of hydrogen-bond donors (Lipinski definition) is 1. The summed E-state index contributed by atoms with van der Waals surface area (Å²) in [5.41, 5.74) is 0.989. The van der Waals surface area contributed by atoms with Crippen LogP contribution in [-0.2, 0) is 6.42 Å². The highest BCUT2D eigenvalue weighted by Crippen LogP contribution is 2.42. The van der Waals surface area contributed by atoms with Crippen LogP contribution in [-0.4, -0.2) is 22.7 Å². The van der Waals surface area contributed by atoms with Crippen LogP contribution in [0.25, 0.3) is 0 Å². The van der Waals surface area contributed by atoms with Crippen molar-refractivity contribution < 1.29 is 5.11 Å². The second-order valence-corrected chi connectivity index (χ2v) is 7.10. The largest absolute Gasteiger partial charge is 0.387 e. The number of hydrogen-bond acceptors (Lipinski definition) is 4. The molecular weight excluding hydrogens is 244 g/mol. The maximum Gasteiger partial charge on any atom is 0.186 e. The Kier molecular flexibility index (Phi) is 2.62. The zero-order valence-corrected chi connectivity index (χ0v) is 11.5. The van der Waals surface area contributed by atoms with Gasteiger partial charge < -0.3 is 10.0 Å². The average molecular weight is 264 g/mol. The van der Waals surface area contributed by atoms with Crippen molar-refractivity contribution in [2.24, 2.45) is 5.92 Å². The van der Waals surface area contributed by atoms with Crippen LogP contribution in [0.1, 0.15) is 55.2 Å². The quantitative estimate of drug-likeness (QED) is 0.908. The highest BCUT2D eigenvalue weighted by atomic mass is 32.1. The number of fused-ring (bicyclic) bond motifs is 1. The molecule has 0 spiro atoms. The summed E-state index contributed by atoms with van der Waals surface area (Å²) in [6.45, 7) is 1.20. The van der Waals surface area contributed by atoms with Crippen LogP contribution in [0, 0.1) is 5.92 Å². The van der Waals surface area contributed by atoms with Gasteiger partial charge in [0.15, 0.2) is 5.13 Å². The van der Waals surface area contributed by atoms with Crippen LogP contribution < -0.4 is 4.90 Å². The predicted molar refractivity (Wildman–Crippen MR) is 73.1 cm³/mol. The topological polar surface area (TPSA) is 36.4 Å². The molecule has 0 aromatic carbocycles. The van der Waals surface area contributed by atoms with Crippen molar-refractivity contribution in [1.29, 1.82) is 0 Å². The summed E-state index contributed by atoms with van der Waals surface area (Å²) in [6.07, 6.45) is 8.28. The molecule has 2 fully saturated rings. The number of aliphatic hydroxyl groups is 1. The van der Waals surface area contributed by atoms with E-state index in [9.17, 15) is 5.11 Å². The van der Waals surface area contributed by atoms with Crippen molar-refractivity contribution in [2.45, 2.75) is 57.1 Å². The van der Waals surface area contributed by atoms with Gasteiger partial charge >= 0.3 is 0 Å². The molecule has 1 heterocycles. The minimum atomic E-state index is -0.305. The van der Waals surface area contributed by atoms with E-state index in [1.54, 1.807) is 0 Å². The number of aliphatic hydroxyl groups excluding tert-OH is 1. The third kappa shape index (κ3) is 2.05. The summed E-state index contributed by atoms with van der Waals surface area (Å²) >= 11 is 1.84. The van der Waals surface area contributed by atoms with Gasteiger partial charge in [-0.2, -0.15) is 0 Å². The van der Waals surface area contributed by atoms with Gasteiger partial charge in [0.05, 0.1) is 11.8 Å². The molecule has 4 rings (SSSR count). The Morgan fingerprint density at radius 1 is 1.22 bits per heavy atom. The molecular formula is C14H20N2OS. The molecule has 3 aliphatic carbocycles. The van der Waals surface area contributed by atoms with Gasteiger partial charge in [-0.1, -0.05) is 0 Å². The molecule has 18 heavy (non-hydrogen) atoms. The Labute approximate surface area is 112 Å². The van der Waals surface area contributed by atoms with Crippen LogP contribution in [0.3, 0.4) is 0 Å². The van der Waals surface area contributed by atoms with E-state index in [4.69, 9.17) is 4.98 Å². The minimum Gasteiger partial charge on any atom is -0.387 e. The summed E-state index contributed by atoms with van der Waals surface area (Å²) < 4.78 is 0. The zero-order valence-electron chi connectivity index (χ0n) is 10.6. The number of thiazole rings is 1. The third-order valence-corrected chi connectivity index (χ3v) is 5.47. The fourth-order valence-electron chi connectivity index (χ4n) is 2.85. The van der Waals surface area contributed by atoms with Crippen LogP contribution in [0.2, 0.25) is 0 Å². The first-order valence-electron chi connectivity index (χ1n) is 7.25. The van der Waals surface area contributed by atoms with E-state index in [-0.39, 0.29) is 6.10 Å². The van der Waals surface area contributed by atoms with E-state index in [2.05, 4.69) is 4.90 Å². The maximum atomic E-state index is 10.0. The summed E-state index contributed by atoms with van der Waals surface area (Å²) in [6, 6.07) is 0.746. The Bertz CT molecular complexity index is 451. The van der Waals surface area contributed by atoms with Crippen molar-refractivity contribution in [3.63, 3.8) is 0 Å². The molecule has 98 valence electrons. The number of nitrogens with zero attached hydrogens (tertiary/aromatic N) is 2. The standard InChI is InChI=1S/C14H20N2OS/c17-11-2-1-3-12-13(11)15-14(18-12)16(10-6-7-10)8-9-4-5-9/h9-11,17H,1-8H2. The summed E-state index contributed by atoms with van der Waals surface area (Å²) in [4.78, 5) is 8.64. The fourth-order valence-corrected chi connectivity index (χ4v) is 4.09. The summed E-state index contributed by atoms with van der Waals surface area (Å²) in [7, 11) is 0. The van der Waals surface area contributed by atoms with Gasteiger partial charge in [-0.15, -0.1) is 11.3 Å². The molecule has 1 unspecified atom stereocenters. The lowest BCUT2D eigenvalue weighted by atomic mass is 10.0. The second kappa shape index (κ2) is 4.20. The molecule has 3 aliphatic rings. The number of aromatic nitrogens is 1. The van der Waals surface area contributed by atoms with Gasteiger partial charge in [-0.25, -0.2) is 4.98 Å². The molecule has 0 amide bonds. The average Bonchev–Trinajstić information content (AvgIpc) is 3.25. The van der Waals surface area contributed by atoms with Gasteiger partial charge in [-0.3, -0.25) is 0 Å². The maximum absolute atomic E-state index is 10.0. The van der Waals surface area contributed by atoms with Crippen molar-refractivity contribution in [1.82, 2.24) is 4.98 Å². The Morgan fingerprint density at radius 2 is 2.06 bits per heavy atom. The van der Waals surface area contributed by atoms with Gasteiger partial charge in [0.2, 0.25) is 0 Å².